The molecule has 2 unspecified atom stereocenters. The summed E-state index contributed by atoms with van der Waals surface area (Å²) in [5.41, 5.74) is 5.91. The van der Waals surface area contributed by atoms with Gasteiger partial charge in [-0.3, -0.25) is 4.79 Å². The van der Waals surface area contributed by atoms with E-state index in [2.05, 4.69) is 5.32 Å². The molecule has 1 aliphatic heterocycles. The first-order valence-electron chi connectivity index (χ1n) is 5.38. The van der Waals surface area contributed by atoms with Crippen molar-refractivity contribution in [3.8, 4) is 0 Å². The Hall–Kier alpha value is -0.220. The highest BCUT2D eigenvalue weighted by atomic mass is 32.2. The number of rotatable bonds is 4. The fraction of sp³-hybridized carbons (Fsp3) is 0.900. The van der Waals surface area contributed by atoms with Gasteiger partial charge < -0.3 is 11.1 Å². The molecule has 3 N–H and O–H groups in total. The van der Waals surface area contributed by atoms with Crippen LogP contribution in [0, 0.1) is 11.8 Å². The first kappa shape index (κ1) is 10.3. The lowest BCUT2D eigenvalue weighted by Gasteiger charge is -2.14. The van der Waals surface area contributed by atoms with Crippen molar-refractivity contribution >= 4 is 17.7 Å². The first-order valence-corrected chi connectivity index (χ1v) is 6.54. The fourth-order valence-electron chi connectivity index (χ4n) is 1.80. The summed E-state index contributed by atoms with van der Waals surface area (Å²) in [6.07, 6.45) is 3.53. The lowest BCUT2D eigenvalue weighted by atomic mass is 10.1. The first-order chi connectivity index (χ1) is 6.77. The van der Waals surface area contributed by atoms with E-state index in [9.17, 15) is 4.79 Å². The van der Waals surface area contributed by atoms with Crippen molar-refractivity contribution in [2.45, 2.75) is 25.3 Å². The molecule has 4 heteroatoms. The molecule has 14 heavy (non-hydrogen) atoms. The molecule has 1 aliphatic carbocycles. The number of carbonyl (C=O) groups excluding carboxylic acids is 1. The Morgan fingerprint density at radius 2 is 2.29 bits per heavy atom. The predicted octanol–water partition coefficient (Wildman–Crippen LogP) is 0.593. The van der Waals surface area contributed by atoms with Crippen LogP contribution in [0.1, 0.15) is 19.3 Å². The molecule has 1 saturated carbocycles. The number of nitrogens with one attached hydrogen (secondary N) is 1. The highest BCUT2D eigenvalue weighted by molar-refractivity contribution is 7.99. The Labute approximate surface area is 89.2 Å². The van der Waals surface area contributed by atoms with Crippen molar-refractivity contribution in [2.24, 2.45) is 17.6 Å². The fourth-order valence-corrected chi connectivity index (χ4v) is 3.02. The van der Waals surface area contributed by atoms with Crippen molar-refractivity contribution in [3.05, 3.63) is 0 Å². The topological polar surface area (TPSA) is 55.1 Å². The molecule has 0 radical (unpaired) electrons. The van der Waals surface area contributed by atoms with Gasteiger partial charge in [0.2, 0.25) is 5.91 Å². The maximum absolute atomic E-state index is 11.6. The molecule has 0 bridgehead atoms. The molecule has 0 aromatic rings. The average Bonchev–Trinajstić information content (AvgIpc) is 2.90. The summed E-state index contributed by atoms with van der Waals surface area (Å²) in [7, 11) is 0. The SMILES string of the molecule is NC(CNC(=O)C1CCSC1)C1CC1. The molecule has 3 nitrogen and oxygen atoms in total. The van der Waals surface area contributed by atoms with Crippen LogP contribution in [-0.2, 0) is 4.79 Å². The maximum Gasteiger partial charge on any atom is 0.224 e. The highest BCUT2D eigenvalue weighted by Gasteiger charge is 2.29. The zero-order chi connectivity index (χ0) is 9.97. The van der Waals surface area contributed by atoms with E-state index in [0.717, 1.165) is 17.9 Å². The number of amides is 1. The molecular weight excluding hydrogens is 196 g/mol. The van der Waals surface area contributed by atoms with E-state index in [1.807, 2.05) is 11.8 Å². The molecule has 2 rings (SSSR count). The van der Waals surface area contributed by atoms with Crippen molar-refractivity contribution in [2.75, 3.05) is 18.1 Å². The molecule has 1 amide bonds. The van der Waals surface area contributed by atoms with Crippen LogP contribution in [0.5, 0.6) is 0 Å². The summed E-state index contributed by atoms with van der Waals surface area (Å²) in [6, 6.07) is 0.188. The number of hydrogen-bond acceptors (Lipinski definition) is 3. The van der Waals surface area contributed by atoms with Gasteiger partial charge in [-0.05, 0) is 30.9 Å². The largest absolute Gasteiger partial charge is 0.354 e. The normalized spacial score (nSPS) is 28.8. The Kier molecular flexibility index (Phi) is 3.34. The van der Waals surface area contributed by atoms with Crippen molar-refractivity contribution in [1.82, 2.24) is 5.32 Å². The minimum absolute atomic E-state index is 0.188. The third-order valence-corrected chi connectivity index (χ3v) is 4.20. The summed E-state index contributed by atoms with van der Waals surface area (Å²) in [5, 5.41) is 2.97. The van der Waals surface area contributed by atoms with Crippen LogP contribution in [0.2, 0.25) is 0 Å². The van der Waals surface area contributed by atoms with E-state index in [4.69, 9.17) is 5.73 Å². The molecule has 0 aromatic carbocycles. The summed E-state index contributed by atoms with van der Waals surface area (Å²) in [6.45, 7) is 0.671. The van der Waals surface area contributed by atoms with E-state index >= 15 is 0 Å². The smallest absolute Gasteiger partial charge is 0.224 e. The second-order valence-corrected chi connectivity index (χ2v) is 5.46. The predicted molar refractivity (Wildman–Crippen MR) is 59.1 cm³/mol. The Balaban J connectivity index is 1.66. The molecule has 0 spiro atoms. The average molecular weight is 214 g/mol. The van der Waals surface area contributed by atoms with Gasteiger partial charge >= 0.3 is 0 Å². The van der Waals surface area contributed by atoms with Crippen LogP contribution in [0.15, 0.2) is 0 Å². The quantitative estimate of drug-likeness (QED) is 0.720. The van der Waals surface area contributed by atoms with Gasteiger partial charge in [0.05, 0.1) is 0 Å². The van der Waals surface area contributed by atoms with Crippen molar-refractivity contribution in [3.63, 3.8) is 0 Å². The zero-order valence-electron chi connectivity index (χ0n) is 8.37. The summed E-state index contributed by atoms with van der Waals surface area (Å²) >= 11 is 1.87. The Morgan fingerprint density at radius 1 is 1.50 bits per heavy atom. The third kappa shape index (κ3) is 2.64. The monoisotopic (exact) mass is 214 g/mol. The molecule has 80 valence electrons. The van der Waals surface area contributed by atoms with E-state index in [1.165, 1.54) is 12.8 Å². The highest BCUT2D eigenvalue weighted by Crippen LogP contribution is 2.31. The van der Waals surface area contributed by atoms with Gasteiger partial charge in [0, 0.05) is 24.3 Å². The zero-order valence-corrected chi connectivity index (χ0v) is 9.19. The van der Waals surface area contributed by atoms with Gasteiger partial charge in [-0.1, -0.05) is 0 Å². The van der Waals surface area contributed by atoms with Gasteiger partial charge in [-0.25, -0.2) is 0 Å². The van der Waals surface area contributed by atoms with Gasteiger partial charge in [-0.2, -0.15) is 11.8 Å². The minimum atomic E-state index is 0.188. The molecular formula is C10H18N2OS. The second-order valence-electron chi connectivity index (χ2n) is 4.31. The Morgan fingerprint density at radius 3 is 2.86 bits per heavy atom. The van der Waals surface area contributed by atoms with E-state index in [1.54, 1.807) is 0 Å². The Bertz CT molecular complexity index is 212. The number of carbonyl (C=O) groups is 1. The van der Waals surface area contributed by atoms with Crippen molar-refractivity contribution in [1.29, 1.82) is 0 Å². The maximum atomic E-state index is 11.6. The van der Waals surface area contributed by atoms with Crippen LogP contribution >= 0.6 is 11.8 Å². The second kappa shape index (κ2) is 4.53. The summed E-state index contributed by atoms with van der Waals surface area (Å²) in [5.74, 6) is 3.25. The van der Waals surface area contributed by atoms with E-state index in [-0.39, 0.29) is 17.9 Å². The summed E-state index contributed by atoms with van der Waals surface area (Å²) < 4.78 is 0. The van der Waals surface area contributed by atoms with Crippen LogP contribution in [0.4, 0.5) is 0 Å². The van der Waals surface area contributed by atoms with E-state index < -0.39 is 0 Å². The van der Waals surface area contributed by atoms with Gasteiger partial charge in [-0.15, -0.1) is 0 Å². The number of thioether (sulfide) groups is 1. The molecule has 2 atom stereocenters. The lowest BCUT2D eigenvalue weighted by molar-refractivity contribution is -0.124. The molecule has 1 heterocycles. The summed E-state index contributed by atoms with van der Waals surface area (Å²) in [4.78, 5) is 11.6. The van der Waals surface area contributed by atoms with Gasteiger partial charge in [0.25, 0.3) is 0 Å². The van der Waals surface area contributed by atoms with Crippen LogP contribution in [0.3, 0.4) is 0 Å². The van der Waals surface area contributed by atoms with Gasteiger partial charge in [0.15, 0.2) is 0 Å². The van der Waals surface area contributed by atoms with Crippen LogP contribution < -0.4 is 11.1 Å². The number of hydrogen-bond donors (Lipinski definition) is 2. The van der Waals surface area contributed by atoms with E-state index in [0.29, 0.717) is 12.5 Å². The molecule has 0 aromatic heterocycles. The minimum Gasteiger partial charge on any atom is -0.354 e. The van der Waals surface area contributed by atoms with Crippen LogP contribution in [-0.4, -0.2) is 30.0 Å². The number of nitrogens with two attached hydrogens (primary N) is 1. The van der Waals surface area contributed by atoms with Crippen LogP contribution in [0.25, 0.3) is 0 Å². The molecule has 2 fully saturated rings. The van der Waals surface area contributed by atoms with Crippen molar-refractivity contribution < 1.29 is 4.79 Å². The lowest BCUT2D eigenvalue weighted by Crippen LogP contribution is -2.41. The molecule has 1 saturated heterocycles. The molecule has 2 aliphatic rings. The van der Waals surface area contributed by atoms with Gasteiger partial charge in [0.1, 0.15) is 0 Å². The third-order valence-electron chi connectivity index (χ3n) is 3.04. The standard InChI is InChI=1S/C10H18N2OS/c11-9(7-1-2-7)5-12-10(13)8-3-4-14-6-8/h7-9H,1-6,11H2,(H,12,13).